The average Bonchev–Trinajstić information content (AvgIpc) is 3.49. The van der Waals surface area contributed by atoms with Gasteiger partial charge in [-0.3, -0.25) is 14.2 Å². The van der Waals surface area contributed by atoms with E-state index in [0.29, 0.717) is 57.7 Å². The molecule has 194 valence electrons. The van der Waals surface area contributed by atoms with E-state index in [1.54, 1.807) is 27.7 Å². The molecule has 1 aromatic carbocycles. The fourth-order valence-electron chi connectivity index (χ4n) is 4.74. The molecule has 2 aromatic heterocycles. The zero-order valence-corrected chi connectivity index (χ0v) is 22.6. The van der Waals surface area contributed by atoms with Crippen LogP contribution in [0.5, 0.6) is 0 Å². The van der Waals surface area contributed by atoms with Crippen LogP contribution >= 0.6 is 22.9 Å². The minimum atomic E-state index is -0.607. The van der Waals surface area contributed by atoms with Crippen LogP contribution in [0.15, 0.2) is 61.9 Å². The molecule has 1 atom stereocenters. The number of carbonyl (C=O) groups excluding carboxylic acids is 1. The summed E-state index contributed by atoms with van der Waals surface area (Å²) < 4.78 is 13.6. The van der Waals surface area contributed by atoms with Crippen molar-refractivity contribution in [2.45, 2.75) is 26.8 Å². The molecule has 0 bridgehead atoms. The first-order valence-corrected chi connectivity index (χ1v) is 13.6. The fourth-order valence-corrected chi connectivity index (χ4v) is 5.89. The molecule has 0 aliphatic carbocycles. The van der Waals surface area contributed by atoms with Crippen LogP contribution in [0.2, 0.25) is 5.02 Å². The number of halogens is 1. The second kappa shape index (κ2) is 10.7. The lowest BCUT2D eigenvalue weighted by Crippen LogP contribution is -2.43. The normalized spacial score (nSPS) is 18.1. The standard InChI is InChI=1S/C27H29ClN4O4S/c1-4-30(5-2)26(34)23-17(3)29-27-32(24(23)18-6-8-19(28)9-7-18)25(33)21(37-27)16-20-10-11-22(36-20)31-12-14-35-15-13-31/h6-11,16,24H,4-5,12-15H2,1-3H3/b21-16+/t24-/m0/s1. The number of ether oxygens (including phenoxy) is 1. The number of amides is 1. The number of carbonyl (C=O) groups is 1. The second-order valence-corrected chi connectivity index (χ2v) is 10.3. The average molecular weight is 541 g/mol. The van der Waals surface area contributed by atoms with Crippen LogP contribution < -0.4 is 19.8 Å². The number of benzene rings is 1. The molecule has 0 N–H and O–H groups in total. The van der Waals surface area contributed by atoms with E-state index in [2.05, 4.69) is 4.90 Å². The molecule has 10 heteroatoms. The molecule has 5 rings (SSSR count). The third-order valence-corrected chi connectivity index (χ3v) is 7.93. The minimum absolute atomic E-state index is 0.123. The highest BCUT2D eigenvalue weighted by molar-refractivity contribution is 7.07. The van der Waals surface area contributed by atoms with Gasteiger partial charge >= 0.3 is 0 Å². The number of allylic oxidation sites excluding steroid dienone is 1. The van der Waals surface area contributed by atoms with E-state index < -0.39 is 6.04 Å². The lowest BCUT2D eigenvalue weighted by molar-refractivity contribution is -0.127. The maximum atomic E-state index is 13.8. The van der Waals surface area contributed by atoms with Gasteiger partial charge in [0.2, 0.25) is 0 Å². The molecule has 1 saturated heterocycles. The zero-order valence-electron chi connectivity index (χ0n) is 21.1. The van der Waals surface area contributed by atoms with Gasteiger partial charge in [0.25, 0.3) is 11.5 Å². The lowest BCUT2D eigenvalue weighted by atomic mass is 9.94. The van der Waals surface area contributed by atoms with Gasteiger partial charge in [0, 0.05) is 43.3 Å². The van der Waals surface area contributed by atoms with E-state index in [0.717, 1.165) is 24.5 Å². The Balaban J connectivity index is 1.62. The van der Waals surface area contributed by atoms with Crippen molar-refractivity contribution in [3.8, 4) is 0 Å². The first kappa shape index (κ1) is 25.5. The summed E-state index contributed by atoms with van der Waals surface area (Å²) in [6.45, 7) is 9.69. The number of anilines is 1. The Bertz CT molecular complexity index is 1510. The van der Waals surface area contributed by atoms with Crippen LogP contribution in [0, 0.1) is 0 Å². The summed E-state index contributed by atoms with van der Waals surface area (Å²) in [6, 6.07) is 10.4. The van der Waals surface area contributed by atoms with Gasteiger partial charge in [0.05, 0.1) is 35.1 Å². The Kier molecular flexibility index (Phi) is 7.37. The van der Waals surface area contributed by atoms with Crippen LogP contribution in [0.1, 0.15) is 38.1 Å². The number of rotatable bonds is 6. The largest absolute Gasteiger partial charge is 0.441 e. The highest BCUT2D eigenvalue weighted by Gasteiger charge is 2.34. The van der Waals surface area contributed by atoms with E-state index in [1.165, 1.54) is 11.3 Å². The number of morpholine rings is 1. The van der Waals surface area contributed by atoms with Crippen LogP contribution in [-0.4, -0.2) is 54.8 Å². The Morgan fingerprint density at radius 3 is 2.54 bits per heavy atom. The molecule has 0 saturated carbocycles. The summed E-state index contributed by atoms with van der Waals surface area (Å²) in [4.78, 5) is 36.6. The van der Waals surface area contributed by atoms with Crippen molar-refractivity contribution in [3.63, 3.8) is 0 Å². The molecule has 8 nitrogen and oxygen atoms in total. The molecule has 1 amide bonds. The summed E-state index contributed by atoms with van der Waals surface area (Å²) in [7, 11) is 0. The van der Waals surface area contributed by atoms with Crippen molar-refractivity contribution < 1.29 is 13.9 Å². The number of aromatic nitrogens is 1. The Hall–Kier alpha value is -3.14. The second-order valence-electron chi connectivity index (χ2n) is 8.89. The lowest BCUT2D eigenvalue weighted by Gasteiger charge is -2.29. The quantitative estimate of drug-likeness (QED) is 0.480. The first-order valence-electron chi connectivity index (χ1n) is 12.4. The van der Waals surface area contributed by atoms with E-state index in [-0.39, 0.29) is 11.5 Å². The molecule has 2 aliphatic heterocycles. The predicted octanol–water partition coefficient (Wildman–Crippen LogP) is 3.19. The van der Waals surface area contributed by atoms with Gasteiger partial charge in [0.15, 0.2) is 10.7 Å². The number of likely N-dealkylation sites (N-methyl/N-ethyl adjacent to an activating group) is 1. The van der Waals surface area contributed by atoms with Crippen LogP contribution in [-0.2, 0) is 9.53 Å². The molecule has 1 fully saturated rings. The van der Waals surface area contributed by atoms with Gasteiger partial charge in [-0.15, -0.1) is 0 Å². The number of hydrogen-bond acceptors (Lipinski definition) is 7. The van der Waals surface area contributed by atoms with Crippen molar-refractivity contribution in [1.29, 1.82) is 0 Å². The smallest absolute Gasteiger partial charge is 0.271 e. The molecule has 0 radical (unpaired) electrons. The number of hydrogen-bond donors (Lipinski definition) is 0. The van der Waals surface area contributed by atoms with Crippen molar-refractivity contribution in [3.05, 3.63) is 83.7 Å². The maximum absolute atomic E-state index is 13.8. The first-order chi connectivity index (χ1) is 17.9. The van der Waals surface area contributed by atoms with Crippen LogP contribution in [0.3, 0.4) is 0 Å². The Labute approximate surface area is 223 Å². The number of fused-ring (bicyclic) bond motifs is 1. The molecule has 2 aliphatic rings. The predicted molar refractivity (Wildman–Crippen MR) is 145 cm³/mol. The van der Waals surface area contributed by atoms with E-state index >= 15 is 0 Å². The van der Waals surface area contributed by atoms with Crippen molar-refractivity contribution in [2.24, 2.45) is 4.99 Å². The van der Waals surface area contributed by atoms with E-state index in [1.807, 2.05) is 45.0 Å². The fraction of sp³-hybridized carbons (Fsp3) is 0.370. The molecular weight excluding hydrogens is 512 g/mol. The van der Waals surface area contributed by atoms with Gasteiger partial charge in [0.1, 0.15) is 5.76 Å². The molecule has 0 spiro atoms. The summed E-state index contributed by atoms with van der Waals surface area (Å²) >= 11 is 7.45. The van der Waals surface area contributed by atoms with Gasteiger partial charge in [-0.25, -0.2) is 4.99 Å². The summed E-state index contributed by atoms with van der Waals surface area (Å²) in [6.07, 6.45) is 1.75. The van der Waals surface area contributed by atoms with Gasteiger partial charge in [-0.2, -0.15) is 0 Å². The van der Waals surface area contributed by atoms with Crippen molar-refractivity contribution in [1.82, 2.24) is 9.47 Å². The van der Waals surface area contributed by atoms with Crippen LogP contribution in [0.4, 0.5) is 5.88 Å². The van der Waals surface area contributed by atoms with Gasteiger partial charge in [-0.1, -0.05) is 35.1 Å². The third kappa shape index (κ3) is 4.91. The SMILES string of the molecule is CCN(CC)C(=O)C1=C(C)N=c2s/c(=C/c3ccc(N4CCOCC4)o3)c(=O)n2[C@H]1c1ccc(Cl)cc1. The number of thiazole rings is 1. The van der Waals surface area contributed by atoms with Crippen molar-refractivity contribution in [2.75, 3.05) is 44.3 Å². The van der Waals surface area contributed by atoms with Gasteiger partial charge in [-0.05, 0) is 44.5 Å². The third-order valence-electron chi connectivity index (χ3n) is 6.70. The Morgan fingerprint density at radius 2 is 1.86 bits per heavy atom. The Morgan fingerprint density at radius 1 is 1.16 bits per heavy atom. The number of nitrogens with zero attached hydrogens (tertiary/aromatic N) is 4. The van der Waals surface area contributed by atoms with Crippen molar-refractivity contribution >= 4 is 40.8 Å². The molecule has 3 aromatic rings. The monoisotopic (exact) mass is 540 g/mol. The van der Waals surface area contributed by atoms with Gasteiger partial charge < -0.3 is 19.0 Å². The number of furan rings is 1. The maximum Gasteiger partial charge on any atom is 0.271 e. The van der Waals surface area contributed by atoms with E-state index in [9.17, 15) is 9.59 Å². The summed E-state index contributed by atoms with van der Waals surface area (Å²) in [5.41, 5.74) is 1.69. The molecule has 0 unspecified atom stereocenters. The summed E-state index contributed by atoms with van der Waals surface area (Å²) in [5.74, 6) is 1.22. The summed E-state index contributed by atoms with van der Waals surface area (Å²) in [5, 5.41) is 0.586. The molecule has 4 heterocycles. The minimum Gasteiger partial charge on any atom is -0.441 e. The molecule has 37 heavy (non-hydrogen) atoms. The highest BCUT2D eigenvalue weighted by atomic mass is 35.5. The highest BCUT2D eigenvalue weighted by Crippen LogP contribution is 2.32. The topological polar surface area (TPSA) is 80.3 Å². The van der Waals surface area contributed by atoms with E-state index in [4.69, 9.17) is 25.7 Å². The zero-order chi connectivity index (χ0) is 26.1. The van der Waals surface area contributed by atoms with Crippen LogP contribution in [0.25, 0.3) is 6.08 Å². The molecular formula is C27H29ClN4O4S.